The molecule has 2 aliphatic rings. The lowest BCUT2D eigenvalue weighted by atomic mass is 10.00. The summed E-state index contributed by atoms with van der Waals surface area (Å²) < 4.78 is 0. The molecule has 0 bridgehead atoms. The second-order valence-electron chi connectivity index (χ2n) is 6.82. The number of nitrogens with zero attached hydrogens (tertiary/aromatic N) is 4. The second-order valence-corrected chi connectivity index (χ2v) is 6.82. The van der Waals surface area contributed by atoms with Crippen molar-refractivity contribution in [1.82, 2.24) is 15.0 Å². The molecule has 2 fully saturated rings. The largest absolute Gasteiger partial charge is 0.368 e. The van der Waals surface area contributed by atoms with Crippen LogP contribution in [0.25, 0.3) is 0 Å². The molecule has 22 heavy (non-hydrogen) atoms. The quantitative estimate of drug-likeness (QED) is 0.836. The first-order chi connectivity index (χ1) is 10.7. The van der Waals surface area contributed by atoms with E-state index in [2.05, 4.69) is 32.1 Å². The summed E-state index contributed by atoms with van der Waals surface area (Å²) in [5.41, 5.74) is 5.90. The molecular formula is C16H28N6. The number of hydrogen-bond acceptors (Lipinski definition) is 6. The van der Waals surface area contributed by atoms with Gasteiger partial charge in [-0.25, -0.2) is 0 Å². The molecule has 1 saturated heterocycles. The van der Waals surface area contributed by atoms with Crippen LogP contribution in [0.3, 0.4) is 0 Å². The van der Waals surface area contributed by atoms with E-state index in [1.54, 1.807) is 0 Å². The topological polar surface area (TPSA) is 80.0 Å². The van der Waals surface area contributed by atoms with Crippen molar-refractivity contribution in [3.8, 4) is 0 Å². The van der Waals surface area contributed by atoms with Crippen LogP contribution in [0.15, 0.2) is 0 Å². The molecule has 1 aliphatic heterocycles. The Hall–Kier alpha value is -1.59. The first kappa shape index (κ1) is 15.3. The van der Waals surface area contributed by atoms with Crippen molar-refractivity contribution in [2.75, 3.05) is 29.0 Å². The number of hydrogen-bond donors (Lipinski definition) is 2. The van der Waals surface area contributed by atoms with Gasteiger partial charge in [0.05, 0.1) is 0 Å². The summed E-state index contributed by atoms with van der Waals surface area (Å²) in [6.07, 6.45) is 10.0. The van der Waals surface area contributed by atoms with Crippen molar-refractivity contribution >= 4 is 17.8 Å². The van der Waals surface area contributed by atoms with Gasteiger partial charge in [-0.1, -0.05) is 32.6 Å². The first-order valence-corrected chi connectivity index (χ1v) is 8.74. The van der Waals surface area contributed by atoms with Gasteiger partial charge in [-0.05, 0) is 31.6 Å². The third-order valence-electron chi connectivity index (χ3n) is 4.90. The highest BCUT2D eigenvalue weighted by Crippen LogP contribution is 2.23. The maximum Gasteiger partial charge on any atom is 0.231 e. The summed E-state index contributed by atoms with van der Waals surface area (Å²) in [4.78, 5) is 15.5. The standard InChI is InChI=1S/C16H28N6/c1-12-8-10-22(11-9-12)16-20-14(17)19-15(21-16)18-13-6-4-2-3-5-7-13/h12-13H,2-11H2,1H3,(H3,17,18,19,20,21). The fourth-order valence-electron chi connectivity index (χ4n) is 3.40. The molecule has 1 aromatic rings. The van der Waals surface area contributed by atoms with Crippen molar-refractivity contribution in [3.63, 3.8) is 0 Å². The predicted octanol–water partition coefficient (Wildman–Crippen LogP) is 2.82. The highest BCUT2D eigenvalue weighted by Gasteiger charge is 2.20. The first-order valence-electron chi connectivity index (χ1n) is 8.74. The summed E-state index contributed by atoms with van der Waals surface area (Å²) in [5.74, 6) is 2.49. The van der Waals surface area contributed by atoms with Crippen LogP contribution in [0.4, 0.5) is 17.8 Å². The van der Waals surface area contributed by atoms with Crippen molar-refractivity contribution < 1.29 is 0 Å². The molecule has 1 saturated carbocycles. The Balaban J connectivity index is 1.69. The Labute approximate surface area is 132 Å². The van der Waals surface area contributed by atoms with Crippen molar-refractivity contribution in [2.24, 2.45) is 5.92 Å². The van der Waals surface area contributed by atoms with Crippen LogP contribution in [0.5, 0.6) is 0 Å². The van der Waals surface area contributed by atoms with Gasteiger partial charge in [0.15, 0.2) is 0 Å². The number of piperidine rings is 1. The zero-order chi connectivity index (χ0) is 15.4. The summed E-state index contributed by atoms with van der Waals surface area (Å²) in [6, 6.07) is 0.471. The van der Waals surface area contributed by atoms with E-state index in [0.29, 0.717) is 17.9 Å². The van der Waals surface area contributed by atoms with Crippen LogP contribution in [0.2, 0.25) is 0 Å². The maximum absolute atomic E-state index is 5.90. The lowest BCUT2D eigenvalue weighted by Crippen LogP contribution is -2.34. The van der Waals surface area contributed by atoms with E-state index in [0.717, 1.165) is 25.0 Å². The van der Waals surface area contributed by atoms with E-state index in [1.807, 2.05) is 0 Å². The number of nitrogen functional groups attached to an aromatic ring is 1. The normalized spacial score (nSPS) is 21.6. The zero-order valence-corrected chi connectivity index (χ0v) is 13.6. The zero-order valence-electron chi connectivity index (χ0n) is 13.6. The van der Waals surface area contributed by atoms with E-state index in [9.17, 15) is 0 Å². The molecule has 6 heteroatoms. The Morgan fingerprint density at radius 1 is 0.955 bits per heavy atom. The van der Waals surface area contributed by atoms with Crippen LogP contribution >= 0.6 is 0 Å². The predicted molar refractivity (Wildman–Crippen MR) is 90.0 cm³/mol. The molecule has 2 heterocycles. The molecule has 3 N–H and O–H groups in total. The van der Waals surface area contributed by atoms with Gasteiger partial charge in [0.1, 0.15) is 0 Å². The molecule has 0 spiro atoms. The third kappa shape index (κ3) is 3.99. The Morgan fingerprint density at radius 3 is 2.32 bits per heavy atom. The van der Waals surface area contributed by atoms with E-state index < -0.39 is 0 Å². The van der Waals surface area contributed by atoms with Gasteiger partial charge in [-0.3, -0.25) is 0 Å². The van der Waals surface area contributed by atoms with Crippen molar-refractivity contribution in [2.45, 2.75) is 64.3 Å². The molecular weight excluding hydrogens is 276 g/mol. The van der Waals surface area contributed by atoms with Crippen LogP contribution in [0, 0.1) is 5.92 Å². The average molecular weight is 304 g/mol. The van der Waals surface area contributed by atoms with Gasteiger partial charge in [0.25, 0.3) is 0 Å². The molecule has 1 aromatic heterocycles. The van der Waals surface area contributed by atoms with Crippen LogP contribution in [-0.2, 0) is 0 Å². The molecule has 3 rings (SSSR count). The fourth-order valence-corrected chi connectivity index (χ4v) is 3.40. The smallest absolute Gasteiger partial charge is 0.231 e. The third-order valence-corrected chi connectivity index (χ3v) is 4.90. The Kier molecular flexibility index (Phi) is 4.95. The minimum Gasteiger partial charge on any atom is -0.368 e. The lowest BCUT2D eigenvalue weighted by Gasteiger charge is -2.30. The van der Waals surface area contributed by atoms with E-state index >= 15 is 0 Å². The van der Waals surface area contributed by atoms with Crippen LogP contribution in [-0.4, -0.2) is 34.1 Å². The molecule has 122 valence electrons. The number of aromatic nitrogens is 3. The molecule has 6 nitrogen and oxygen atoms in total. The molecule has 0 amide bonds. The lowest BCUT2D eigenvalue weighted by molar-refractivity contribution is 0.434. The molecule has 0 aromatic carbocycles. The molecule has 1 aliphatic carbocycles. The van der Waals surface area contributed by atoms with Crippen LogP contribution < -0.4 is 16.0 Å². The second kappa shape index (κ2) is 7.11. The van der Waals surface area contributed by atoms with E-state index in [-0.39, 0.29) is 0 Å². The molecule has 0 radical (unpaired) electrons. The minimum atomic E-state index is 0.319. The monoisotopic (exact) mass is 304 g/mol. The minimum absolute atomic E-state index is 0.319. The van der Waals surface area contributed by atoms with Gasteiger partial charge in [-0.2, -0.15) is 15.0 Å². The van der Waals surface area contributed by atoms with Crippen molar-refractivity contribution in [3.05, 3.63) is 0 Å². The van der Waals surface area contributed by atoms with Gasteiger partial charge in [-0.15, -0.1) is 0 Å². The van der Waals surface area contributed by atoms with E-state index in [1.165, 1.54) is 51.4 Å². The SMILES string of the molecule is CC1CCN(c2nc(N)nc(NC3CCCCCC3)n2)CC1. The summed E-state index contributed by atoms with van der Waals surface area (Å²) >= 11 is 0. The van der Waals surface area contributed by atoms with Gasteiger partial charge < -0.3 is 16.0 Å². The van der Waals surface area contributed by atoms with Gasteiger partial charge in [0, 0.05) is 19.1 Å². The van der Waals surface area contributed by atoms with Gasteiger partial charge in [0.2, 0.25) is 17.8 Å². The van der Waals surface area contributed by atoms with Crippen LogP contribution in [0.1, 0.15) is 58.3 Å². The summed E-state index contributed by atoms with van der Waals surface area (Å²) in [7, 11) is 0. The summed E-state index contributed by atoms with van der Waals surface area (Å²) in [6.45, 7) is 4.32. The number of rotatable bonds is 3. The number of anilines is 3. The maximum atomic E-state index is 5.90. The number of nitrogens with two attached hydrogens (primary N) is 1. The average Bonchev–Trinajstić information content (AvgIpc) is 2.76. The van der Waals surface area contributed by atoms with Crippen molar-refractivity contribution in [1.29, 1.82) is 0 Å². The van der Waals surface area contributed by atoms with Gasteiger partial charge >= 0.3 is 0 Å². The van der Waals surface area contributed by atoms with E-state index in [4.69, 9.17) is 5.73 Å². The Bertz CT molecular complexity index is 476. The molecule has 0 unspecified atom stereocenters. The highest BCUT2D eigenvalue weighted by molar-refractivity contribution is 5.42. The highest BCUT2D eigenvalue weighted by atomic mass is 15.3. The fraction of sp³-hybridized carbons (Fsp3) is 0.812. The Morgan fingerprint density at radius 2 is 1.64 bits per heavy atom. The molecule has 0 atom stereocenters. The number of nitrogens with one attached hydrogen (secondary N) is 1. The summed E-state index contributed by atoms with van der Waals surface area (Å²) in [5, 5.41) is 3.48.